The number of benzene rings is 2. The summed E-state index contributed by atoms with van der Waals surface area (Å²) in [6.07, 6.45) is 2.45. The number of carbonyl (C=O) groups excluding carboxylic acids is 2. The zero-order valence-electron chi connectivity index (χ0n) is 17.0. The first-order chi connectivity index (χ1) is 15.1. The molecule has 160 valence electrons. The van der Waals surface area contributed by atoms with Gasteiger partial charge in [-0.1, -0.05) is 19.1 Å². The molecule has 3 N–H and O–H groups in total. The van der Waals surface area contributed by atoms with Crippen molar-refractivity contribution in [1.82, 2.24) is 10.6 Å². The van der Waals surface area contributed by atoms with Crippen LogP contribution in [0.5, 0.6) is 5.75 Å². The van der Waals surface area contributed by atoms with E-state index in [1.54, 1.807) is 66.9 Å². The van der Waals surface area contributed by atoms with Crippen LogP contribution in [0.15, 0.2) is 71.3 Å². The Morgan fingerprint density at radius 1 is 1.00 bits per heavy atom. The van der Waals surface area contributed by atoms with E-state index in [4.69, 9.17) is 21.4 Å². The number of carbonyl (C=O) groups is 2. The molecule has 0 spiro atoms. The molecule has 0 fully saturated rings. The van der Waals surface area contributed by atoms with Crippen molar-refractivity contribution in [2.45, 2.75) is 19.9 Å². The Bertz CT molecular complexity index is 1030. The van der Waals surface area contributed by atoms with Crippen molar-refractivity contribution in [3.8, 4) is 5.75 Å². The summed E-state index contributed by atoms with van der Waals surface area (Å²) in [7, 11) is 0. The van der Waals surface area contributed by atoms with Crippen LogP contribution in [0, 0.1) is 0 Å². The Morgan fingerprint density at radius 3 is 2.48 bits per heavy atom. The van der Waals surface area contributed by atoms with Crippen LogP contribution in [0.1, 0.15) is 39.8 Å². The summed E-state index contributed by atoms with van der Waals surface area (Å²) < 4.78 is 10.7. The highest BCUT2D eigenvalue weighted by Crippen LogP contribution is 2.16. The maximum absolute atomic E-state index is 12.6. The Labute approximate surface area is 185 Å². The van der Waals surface area contributed by atoms with Gasteiger partial charge in [0.1, 0.15) is 11.5 Å². The topological polar surface area (TPSA) is 92.6 Å². The van der Waals surface area contributed by atoms with Crippen LogP contribution in [0.2, 0.25) is 0 Å². The molecule has 3 rings (SSSR count). The second-order valence-electron chi connectivity index (χ2n) is 6.59. The van der Waals surface area contributed by atoms with Crippen molar-refractivity contribution >= 4 is 34.8 Å². The highest BCUT2D eigenvalue weighted by molar-refractivity contribution is 7.80. The molecule has 0 radical (unpaired) electrons. The number of furan rings is 1. The molecule has 3 aromatic rings. The van der Waals surface area contributed by atoms with Gasteiger partial charge < -0.3 is 19.8 Å². The summed E-state index contributed by atoms with van der Waals surface area (Å²) in [6, 6.07) is 17.2. The van der Waals surface area contributed by atoms with E-state index < -0.39 is 0 Å². The highest BCUT2D eigenvalue weighted by Gasteiger charge is 2.14. The molecule has 2 aromatic carbocycles. The number of para-hydroxylation sites is 1. The summed E-state index contributed by atoms with van der Waals surface area (Å²) >= 11 is 5.26. The number of amides is 2. The fourth-order valence-electron chi connectivity index (χ4n) is 2.72. The zero-order valence-corrected chi connectivity index (χ0v) is 17.8. The molecular weight excluding hydrogens is 414 g/mol. The van der Waals surface area contributed by atoms with Crippen LogP contribution < -0.4 is 20.7 Å². The molecule has 0 aliphatic carbocycles. The van der Waals surface area contributed by atoms with Crippen molar-refractivity contribution in [3.63, 3.8) is 0 Å². The SMILES string of the molecule is CCCOc1ccc(C(=O)NC(=S)Nc2ccccc2C(=O)NCc2ccco2)cc1. The number of rotatable bonds is 8. The van der Waals surface area contributed by atoms with E-state index in [-0.39, 0.29) is 23.5 Å². The van der Waals surface area contributed by atoms with Gasteiger partial charge in [-0.15, -0.1) is 0 Å². The van der Waals surface area contributed by atoms with Gasteiger partial charge in [0.2, 0.25) is 0 Å². The number of hydrogen-bond donors (Lipinski definition) is 3. The quantitative estimate of drug-likeness (QED) is 0.459. The van der Waals surface area contributed by atoms with Crippen molar-refractivity contribution in [2.75, 3.05) is 11.9 Å². The van der Waals surface area contributed by atoms with E-state index in [1.807, 2.05) is 6.92 Å². The van der Waals surface area contributed by atoms with Gasteiger partial charge in [0, 0.05) is 5.56 Å². The molecule has 2 amide bonds. The van der Waals surface area contributed by atoms with Crippen LogP contribution in [0.3, 0.4) is 0 Å². The molecular formula is C23H23N3O4S. The van der Waals surface area contributed by atoms with Gasteiger partial charge >= 0.3 is 0 Å². The van der Waals surface area contributed by atoms with Crippen molar-refractivity contribution < 1.29 is 18.7 Å². The number of thiocarbonyl (C=S) groups is 1. The monoisotopic (exact) mass is 437 g/mol. The van der Waals surface area contributed by atoms with Gasteiger partial charge in [0.15, 0.2) is 5.11 Å². The molecule has 0 unspecified atom stereocenters. The Hall–Kier alpha value is -3.65. The normalized spacial score (nSPS) is 10.2. The number of nitrogens with one attached hydrogen (secondary N) is 3. The first-order valence-corrected chi connectivity index (χ1v) is 10.2. The van der Waals surface area contributed by atoms with E-state index in [0.717, 1.165) is 6.42 Å². The zero-order chi connectivity index (χ0) is 22.1. The maximum Gasteiger partial charge on any atom is 0.257 e. The highest BCUT2D eigenvalue weighted by atomic mass is 32.1. The molecule has 0 saturated heterocycles. The van der Waals surface area contributed by atoms with Crippen LogP contribution in [-0.2, 0) is 6.54 Å². The number of ether oxygens (including phenoxy) is 1. The van der Waals surface area contributed by atoms with E-state index in [9.17, 15) is 9.59 Å². The summed E-state index contributed by atoms with van der Waals surface area (Å²) in [6.45, 7) is 2.91. The van der Waals surface area contributed by atoms with Crippen molar-refractivity contribution in [2.24, 2.45) is 0 Å². The Morgan fingerprint density at radius 2 is 1.77 bits per heavy atom. The summed E-state index contributed by atoms with van der Waals surface area (Å²) in [5, 5.41) is 8.41. The fourth-order valence-corrected chi connectivity index (χ4v) is 2.92. The van der Waals surface area contributed by atoms with Crippen LogP contribution in [0.4, 0.5) is 5.69 Å². The molecule has 8 heteroatoms. The van der Waals surface area contributed by atoms with E-state index in [1.165, 1.54) is 0 Å². The standard InChI is InChI=1S/C23H23N3O4S/c1-2-13-29-17-11-9-16(10-12-17)21(27)26-23(31)25-20-8-4-3-7-19(20)22(28)24-15-18-6-5-14-30-18/h3-12,14H,2,13,15H2,1H3,(H,24,28)(H2,25,26,27,31). The van der Waals surface area contributed by atoms with Gasteiger partial charge in [0.25, 0.3) is 11.8 Å². The molecule has 0 aliphatic rings. The fraction of sp³-hybridized carbons (Fsp3) is 0.174. The lowest BCUT2D eigenvalue weighted by Crippen LogP contribution is -2.35. The molecule has 0 bridgehead atoms. The largest absolute Gasteiger partial charge is 0.494 e. The van der Waals surface area contributed by atoms with Crippen LogP contribution in [0.25, 0.3) is 0 Å². The molecule has 0 aliphatic heterocycles. The third-order valence-electron chi connectivity index (χ3n) is 4.24. The molecule has 1 aromatic heterocycles. The maximum atomic E-state index is 12.6. The summed E-state index contributed by atoms with van der Waals surface area (Å²) in [5.74, 6) is 0.692. The molecule has 1 heterocycles. The predicted molar refractivity (Wildman–Crippen MR) is 122 cm³/mol. The van der Waals surface area contributed by atoms with Crippen molar-refractivity contribution in [3.05, 3.63) is 83.8 Å². The average molecular weight is 438 g/mol. The Balaban J connectivity index is 1.58. The lowest BCUT2D eigenvalue weighted by Gasteiger charge is -2.13. The predicted octanol–water partition coefficient (Wildman–Crippen LogP) is 4.13. The summed E-state index contributed by atoms with van der Waals surface area (Å²) in [5.41, 5.74) is 1.31. The third kappa shape index (κ3) is 6.42. The lowest BCUT2D eigenvalue weighted by molar-refractivity contribution is 0.0947. The Kier molecular flexibility index (Phi) is 7.78. The van der Waals surface area contributed by atoms with E-state index in [0.29, 0.717) is 34.9 Å². The minimum absolute atomic E-state index is 0.0857. The molecule has 7 nitrogen and oxygen atoms in total. The van der Waals surface area contributed by atoms with E-state index >= 15 is 0 Å². The minimum Gasteiger partial charge on any atom is -0.494 e. The van der Waals surface area contributed by atoms with Gasteiger partial charge in [-0.3, -0.25) is 14.9 Å². The lowest BCUT2D eigenvalue weighted by atomic mass is 10.1. The smallest absolute Gasteiger partial charge is 0.257 e. The van der Waals surface area contributed by atoms with Gasteiger partial charge in [-0.2, -0.15) is 0 Å². The molecule has 31 heavy (non-hydrogen) atoms. The number of anilines is 1. The summed E-state index contributed by atoms with van der Waals surface area (Å²) in [4.78, 5) is 25.0. The second kappa shape index (κ2) is 10.9. The second-order valence-corrected chi connectivity index (χ2v) is 7.00. The van der Waals surface area contributed by atoms with Crippen LogP contribution in [-0.4, -0.2) is 23.5 Å². The van der Waals surface area contributed by atoms with Crippen LogP contribution >= 0.6 is 12.2 Å². The minimum atomic E-state index is -0.362. The first kappa shape index (κ1) is 22.0. The van der Waals surface area contributed by atoms with Crippen molar-refractivity contribution in [1.29, 1.82) is 0 Å². The van der Waals surface area contributed by atoms with Gasteiger partial charge in [-0.05, 0) is 67.2 Å². The first-order valence-electron chi connectivity index (χ1n) is 9.81. The third-order valence-corrected chi connectivity index (χ3v) is 4.44. The van der Waals surface area contributed by atoms with Gasteiger partial charge in [0.05, 0.1) is 30.7 Å². The van der Waals surface area contributed by atoms with E-state index in [2.05, 4.69) is 16.0 Å². The number of hydrogen-bond acceptors (Lipinski definition) is 5. The average Bonchev–Trinajstić information content (AvgIpc) is 3.30. The van der Waals surface area contributed by atoms with Gasteiger partial charge in [-0.25, -0.2) is 0 Å². The molecule has 0 atom stereocenters. The molecule has 0 saturated carbocycles.